The van der Waals surface area contributed by atoms with Crippen molar-refractivity contribution in [3.05, 3.63) is 0 Å². The van der Waals surface area contributed by atoms with E-state index in [-0.39, 0.29) is 18.5 Å². The molecule has 0 aliphatic carbocycles. The van der Waals surface area contributed by atoms with Crippen molar-refractivity contribution in [3.63, 3.8) is 0 Å². The van der Waals surface area contributed by atoms with Gasteiger partial charge in [0.1, 0.15) is 12.3 Å². The molecule has 68 valence electrons. The molecule has 1 N–H and O–H groups in total. The Labute approximate surface area is 71.9 Å². The number of aldehydes is 1. The number of nitrogens with one attached hydrogen (secondary N) is 1. The highest BCUT2D eigenvalue weighted by Crippen LogP contribution is 2.08. The Bertz CT molecular complexity index is 191. The Morgan fingerprint density at radius 2 is 2.42 bits per heavy atom. The summed E-state index contributed by atoms with van der Waals surface area (Å²) in [5, 5.41) is 3.11. The van der Waals surface area contributed by atoms with Crippen LogP contribution in [-0.4, -0.2) is 42.3 Å². The van der Waals surface area contributed by atoms with Gasteiger partial charge >= 0.3 is 0 Å². The standard InChI is InChI=1S/C8H14N2O2/c1-6(2)9-7-5-10(3-4-11)8(7)12/h4,6-7,9H,3,5H2,1-2H3. The van der Waals surface area contributed by atoms with E-state index < -0.39 is 0 Å². The Kier molecular flexibility index (Phi) is 2.81. The van der Waals surface area contributed by atoms with Gasteiger partial charge in [-0.2, -0.15) is 0 Å². The molecule has 4 nitrogen and oxygen atoms in total. The minimum Gasteiger partial charge on any atom is -0.332 e. The first kappa shape index (κ1) is 9.19. The van der Waals surface area contributed by atoms with E-state index in [1.54, 1.807) is 0 Å². The number of carbonyl (C=O) groups excluding carboxylic acids is 2. The molecule has 1 rings (SSSR count). The van der Waals surface area contributed by atoms with Crippen LogP contribution in [0.1, 0.15) is 13.8 Å². The molecule has 1 heterocycles. The van der Waals surface area contributed by atoms with Crippen LogP contribution < -0.4 is 5.32 Å². The summed E-state index contributed by atoms with van der Waals surface area (Å²) in [6, 6.07) is 0.252. The van der Waals surface area contributed by atoms with Crippen LogP contribution in [-0.2, 0) is 9.59 Å². The van der Waals surface area contributed by atoms with Crippen molar-refractivity contribution in [1.82, 2.24) is 10.2 Å². The first-order valence-electron chi connectivity index (χ1n) is 4.13. The van der Waals surface area contributed by atoms with Crippen molar-refractivity contribution < 1.29 is 9.59 Å². The van der Waals surface area contributed by atoms with Gasteiger partial charge in [-0.15, -0.1) is 0 Å². The average Bonchev–Trinajstić information content (AvgIpc) is 2.02. The lowest BCUT2D eigenvalue weighted by molar-refractivity contribution is -0.145. The van der Waals surface area contributed by atoms with Crippen LogP contribution in [0.25, 0.3) is 0 Å². The van der Waals surface area contributed by atoms with E-state index in [1.165, 1.54) is 4.90 Å². The molecule has 1 saturated heterocycles. The molecule has 0 aromatic carbocycles. The van der Waals surface area contributed by atoms with Crippen molar-refractivity contribution >= 4 is 12.2 Å². The highest BCUT2D eigenvalue weighted by atomic mass is 16.2. The van der Waals surface area contributed by atoms with Crippen LogP contribution >= 0.6 is 0 Å². The zero-order chi connectivity index (χ0) is 9.14. The summed E-state index contributed by atoms with van der Waals surface area (Å²) in [5.41, 5.74) is 0. The molecular weight excluding hydrogens is 156 g/mol. The van der Waals surface area contributed by atoms with Crippen molar-refractivity contribution in [2.24, 2.45) is 0 Å². The Balaban J connectivity index is 2.28. The van der Waals surface area contributed by atoms with Gasteiger partial charge in [-0.25, -0.2) is 0 Å². The predicted octanol–water partition coefficient (Wildman–Crippen LogP) is -0.606. The molecule has 0 saturated carbocycles. The lowest BCUT2D eigenvalue weighted by Gasteiger charge is -2.38. The van der Waals surface area contributed by atoms with E-state index in [0.29, 0.717) is 12.6 Å². The molecule has 0 aromatic heterocycles. The normalized spacial score (nSPS) is 22.8. The molecule has 0 spiro atoms. The van der Waals surface area contributed by atoms with Crippen LogP contribution in [0, 0.1) is 0 Å². The first-order valence-corrected chi connectivity index (χ1v) is 4.13. The number of likely N-dealkylation sites (tertiary alicyclic amines) is 1. The van der Waals surface area contributed by atoms with Gasteiger partial charge in [-0.1, -0.05) is 13.8 Å². The maximum atomic E-state index is 11.2. The van der Waals surface area contributed by atoms with Gasteiger partial charge in [0.15, 0.2) is 0 Å². The number of nitrogens with zero attached hydrogens (tertiary/aromatic N) is 1. The van der Waals surface area contributed by atoms with Crippen LogP contribution in [0.15, 0.2) is 0 Å². The zero-order valence-corrected chi connectivity index (χ0v) is 7.41. The molecule has 1 unspecified atom stereocenters. The topological polar surface area (TPSA) is 49.4 Å². The average molecular weight is 170 g/mol. The molecule has 1 atom stereocenters. The molecule has 4 heteroatoms. The van der Waals surface area contributed by atoms with Gasteiger partial charge in [0, 0.05) is 12.6 Å². The summed E-state index contributed by atoms with van der Waals surface area (Å²) in [5.74, 6) is 0.0378. The van der Waals surface area contributed by atoms with Crippen molar-refractivity contribution in [3.8, 4) is 0 Å². The lowest BCUT2D eigenvalue weighted by atomic mass is 10.1. The monoisotopic (exact) mass is 170 g/mol. The van der Waals surface area contributed by atoms with Crippen LogP contribution in [0.5, 0.6) is 0 Å². The number of carbonyl (C=O) groups is 2. The number of β-lactam (4-membered cyclic amide) rings is 1. The summed E-state index contributed by atoms with van der Waals surface area (Å²) in [6.45, 7) is 4.89. The molecule has 1 aliphatic heterocycles. The quantitative estimate of drug-likeness (QED) is 0.452. The third kappa shape index (κ3) is 1.82. The van der Waals surface area contributed by atoms with E-state index >= 15 is 0 Å². The van der Waals surface area contributed by atoms with Gasteiger partial charge < -0.3 is 15.0 Å². The molecule has 12 heavy (non-hydrogen) atoms. The fourth-order valence-corrected chi connectivity index (χ4v) is 1.28. The van der Waals surface area contributed by atoms with Gasteiger partial charge in [0.2, 0.25) is 5.91 Å². The maximum absolute atomic E-state index is 11.2. The van der Waals surface area contributed by atoms with Crippen molar-refractivity contribution in [2.45, 2.75) is 25.9 Å². The molecule has 0 bridgehead atoms. The first-order chi connectivity index (χ1) is 5.65. The number of hydrogen-bond donors (Lipinski definition) is 1. The summed E-state index contributed by atoms with van der Waals surface area (Å²) in [6.07, 6.45) is 0.753. The van der Waals surface area contributed by atoms with Gasteiger partial charge in [0.05, 0.1) is 6.54 Å². The highest BCUT2D eigenvalue weighted by molar-refractivity contribution is 5.89. The second-order valence-corrected chi connectivity index (χ2v) is 3.28. The zero-order valence-electron chi connectivity index (χ0n) is 7.41. The number of hydrogen-bond acceptors (Lipinski definition) is 3. The second kappa shape index (κ2) is 3.67. The Morgan fingerprint density at radius 3 is 2.83 bits per heavy atom. The third-order valence-electron chi connectivity index (χ3n) is 1.84. The Morgan fingerprint density at radius 1 is 1.75 bits per heavy atom. The second-order valence-electron chi connectivity index (χ2n) is 3.28. The van der Waals surface area contributed by atoms with Crippen molar-refractivity contribution in [2.75, 3.05) is 13.1 Å². The molecule has 1 aliphatic rings. The molecule has 0 radical (unpaired) electrons. The summed E-state index contributed by atoms with van der Waals surface area (Å²) >= 11 is 0. The molecule has 1 fully saturated rings. The summed E-state index contributed by atoms with van der Waals surface area (Å²) in [4.78, 5) is 22.8. The number of rotatable bonds is 4. The van der Waals surface area contributed by atoms with Gasteiger partial charge in [-0.05, 0) is 0 Å². The fraction of sp³-hybridized carbons (Fsp3) is 0.750. The fourth-order valence-electron chi connectivity index (χ4n) is 1.28. The SMILES string of the molecule is CC(C)NC1CN(CC=O)C1=O. The third-order valence-corrected chi connectivity index (χ3v) is 1.84. The van der Waals surface area contributed by atoms with Crippen LogP contribution in [0.2, 0.25) is 0 Å². The van der Waals surface area contributed by atoms with E-state index in [0.717, 1.165) is 6.29 Å². The summed E-state index contributed by atoms with van der Waals surface area (Å²) < 4.78 is 0. The van der Waals surface area contributed by atoms with E-state index in [2.05, 4.69) is 5.32 Å². The lowest BCUT2D eigenvalue weighted by Crippen LogP contribution is -2.64. The van der Waals surface area contributed by atoms with E-state index in [4.69, 9.17) is 0 Å². The van der Waals surface area contributed by atoms with Gasteiger partial charge in [-0.3, -0.25) is 4.79 Å². The minimum absolute atomic E-state index is 0.0378. The largest absolute Gasteiger partial charge is 0.332 e. The van der Waals surface area contributed by atoms with E-state index in [9.17, 15) is 9.59 Å². The van der Waals surface area contributed by atoms with Crippen LogP contribution in [0.3, 0.4) is 0 Å². The summed E-state index contributed by atoms with van der Waals surface area (Å²) in [7, 11) is 0. The van der Waals surface area contributed by atoms with E-state index in [1.807, 2.05) is 13.8 Å². The number of amides is 1. The highest BCUT2D eigenvalue weighted by Gasteiger charge is 2.35. The smallest absolute Gasteiger partial charge is 0.242 e. The minimum atomic E-state index is -0.0649. The molecular formula is C8H14N2O2. The maximum Gasteiger partial charge on any atom is 0.242 e. The van der Waals surface area contributed by atoms with Gasteiger partial charge in [0.25, 0.3) is 0 Å². The molecule has 0 aromatic rings. The molecule has 1 amide bonds. The predicted molar refractivity (Wildman–Crippen MR) is 44.7 cm³/mol. The van der Waals surface area contributed by atoms with Crippen molar-refractivity contribution in [1.29, 1.82) is 0 Å². The Hall–Kier alpha value is -0.900. The van der Waals surface area contributed by atoms with Crippen LogP contribution in [0.4, 0.5) is 0 Å².